The van der Waals surface area contributed by atoms with Gasteiger partial charge in [-0.25, -0.2) is 0 Å². The Morgan fingerprint density at radius 1 is 1.89 bits per heavy atom. The summed E-state index contributed by atoms with van der Waals surface area (Å²) < 4.78 is 0. The van der Waals surface area contributed by atoms with Gasteiger partial charge in [0.05, 0.1) is 11.8 Å². The van der Waals surface area contributed by atoms with Gasteiger partial charge in [0.1, 0.15) is 0 Å². The van der Waals surface area contributed by atoms with E-state index in [2.05, 4.69) is 11.6 Å². The van der Waals surface area contributed by atoms with E-state index in [-0.39, 0.29) is 0 Å². The van der Waals surface area contributed by atoms with Crippen molar-refractivity contribution in [1.82, 2.24) is 0 Å². The Balaban J connectivity index is 3.97. The van der Waals surface area contributed by atoms with Crippen LogP contribution >= 0.6 is 0 Å². The molecule has 0 saturated heterocycles. The fraction of sp³-hybridized carbons (Fsp3) is 0.571. The number of hydrogen-bond acceptors (Lipinski definition) is 2. The highest BCUT2D eigenvalue weighted by Crippen LogP contribution is 1.88. The van der Waals surface area contributed by atoms with Crippen LogP contribution in [0.15, 0.2) is 17.6 Å². The Hall–Kier alpha value is -0.630. The number of hydrogen-bond donors (Lipinski definition) is 1. The molecule has 0 spiro atoms. The second kappa shape index (κ2) is 4.27. The van der Waals surface area contributed by atoms with Gasteiger partial charge in [-0.2, -0.15) is 0 Å². The molecule has 1 unspecified atom stereocenters. The van der Waals surface area contributed by atoms with Crippen LogP contribution in [-0.4, -0.2) is 23.5 Å². The van der Waals surface area contributed by atoms with Crippen LogP contribution in [-0.2, 0) is 0 Å². The second-order valence-corrected chi connectivity index (χ2v) is 1.78. The first-order valence-corrected chi connectivity index (χ1v) is 3.07. The molecule has 0 saturated carbocycles. The lowest BCUT2D eigenvalue weighted by atomic mass is 10.2. The van der Waals surface area contributed by atoms with E-state index < -0.39 is 6.10 Å². The molecule has 0 aliphatic rings. The summed E-state index contributed by atoms with van der Waals surface area (Å²) in [6, 6.07) is 0. The van der Waals surface area contributed by atoms with Gasteiger partial charge in [0.25, 0.3) is 0 Å². The molecule has 0 bridgehead atoms. The van der Waals surface area contributed by atoms with Gasteiger partial charge in [0, 0.05) is 6.54 Å². The van der Waals surface area contributed by atoms with Crippen molar-refractivity contribution in [3.63, 3.8) is 0 Å². The topological polar surface area (TPSA) is 32.6 Å². The summed E-state index contributed by atoms with van der Waals surface area (Å²) in [7, 11) is 0. The van der Waals surface area contributed by atoms with Crippen LogP contribution in [0.3, 0.4) is 0 Å². The molecule has 0 radical (unpaired) electrons. The highest BCUT2D eigenvalue weighted by Gasteiger charge is 1.98. The van der Waals surface area contributed by atoms with Crippen molar-refractivity contribution in [3.8, 4) is 0 Å². The first-order chi connectivity index (χ1) is 4.22. The van der Waals surface area contributed by atoms with Crippen molar-refractivity contribution in [1.29, 1.82) is 0 Å². The third kappa shape index (κ3) is 3.03. The first-order valence-electron chi connectivity index (χ1n) is 3.07. The molecule has 2 heteroatoms. The van der Waals surface area contributed by atoms with Crippen LogP contribution in [0.5, 0.6) is 0 Å². The Kier molecular flexibility index (Phi) is 3.97. The third-order valence-corrected chi connectivity index (χ3v) is 0.978. The molecule has 0 aromatic heterocycles. The minimum atomic E-state index is -0.484. The zero-order valence-corrected chi connectivity index (χ0v) is 5.96. The Labute approximate surface area is 55.9 Å². The van der Waals surface area contributed by atoms with Crippen molar-refractivity contribution in [2.45, 2.75) is 20.0 Å². The van der Waals surface area contributed by atoms with Gasteiger partial charge in [-0.1, -0.05) is 6.58 Å². The lowest BCUT2D eigenvalue weighted by Gasteiger charge is -2.01. The predicted molar refractivity (Wildman–Crippen MR) is 39.9 cm³/mol. The van der Waals surface area contributed by atoms with Crippen molar-refractivity contribution in [2.24, 2.45) is 4.99 Å². The molecule has 2 nitrogen and oxygen atoms in total. The maximum Gasteiger partial charge on any atom is 0.0927 e. The molecule has 0 aliphatic heterocycles. The molecule has 0 heterocycles. The van der Waals surface area contributed by atoms with E-state index >= 15 is 0 Å². The third-order valence-electron chi connectivity index (χ3n) is 0.978. The van der Waals surface area contributed by atoms with Crippen LogP contribution in [0.2, 0.25) is 0 Å². The van der Waals surface area contributed by atoms with Gasteiger partial charge in [-0.15, -0.1) is 0 Å². The van der Waals surface area contributed by atoms with Crippen LogP contribution < -0.4 is 0 Å². The van der Waals surface area contributed by atoms with Gasteiger partial charge in [0.15, 0.2) is 0 Å². The van der Waals surface area contributed by atoms with Crippen molar-refractivity contribution < 1.29 is 5.11 Å². The number of nitrogens with zero attached hydrogens (tertiary/aromatic N) is 1. The second-order valence-electron chi connectivity index (χ2n) is 1.78. The van der Waals surface area contributed by atoms with Gasteiger partial charge < -0.3 is 5.11 Å². The molecule has 0 fully saturated rings. The van der Waals surface area contributed by atoms with Gasteiger partial charge in [-0.3, -0.25) is 4.99 Å². The van der Waals surface area contributed by atoms with Crippen molar-refractivity contribution in [2.75, 3.05) is 6.54 Å². The minimum Gasteiger partial charge on any atom is -0.387 e. The van der Waals surface area contributed by atoms with Crippen LogP contribution in [0.4, 0.5) is 0 Å². The number of aliphatic hydroxyl groups is 1. The SMILES string of the molecule is C=CC(=NCC)C(C)O. The molecule has 1 N–H and O–H groups in total. The largest absolute Gasteiger partial charge is 0.387 e. The van der Waals surface area contributed by atoms with E-state index in [0.29, 0.717) is 12.3 Å². The lowest BCUT2D eigenvalue weighted by molar-refractivity contribution is 0.263. The molecule has 0 amide bonds. The summed E-state index contributed by atoms with van der Waals surface area (Å²) in [6.45, 7) is 7.81. The van der Waals surface area contributed by atoms with Crippen molar-refractivity contribution in [3.05, 3.63) is 12.7 Å². The Bertz CT molecular complexity index is 116. The fourth-order valence-corrected chi connectivity index (χ4v) is 0.550. The number of aliphatic imine (C=N–C) groups is 1. The molecule has 0 aromatic carbocycles. The Morgan fingerprint density at radius 3 is 2.56 bits per heavy atom. The first kappa shape index (κ1) is 8.37. The average Bonchev–Trinajstić information content (AvgIpc) is 1.82. The van der Waals surface area contributed by atoms with E-state index in [9.17, 15) is 0 Å². The van der Waals surface area contributed by atoms with E-state index in [1.165, 1.54) is 0 Å². The van der Waals surface area contributed by atoms with Crippen LogP contribution in [0.25, 0.3) is 0 Å². The summed E-state index contributed by atoms with van der Waals surface area (Å²) in [5.41, 5.74) is 0.664. The van der Waals surface area contributed by atoms with Gasteiger partial charge in [0.2, 0.25) is 0 Å². The summed E-state index contributed by atoms with van der Waals surface area (Å²) in [4.78, 5) is 3.99. The zero-order chi connectivity index (χ0) is 7.28. The molecule has 52 valence electrons. The maximum absolute atomic E-state index is 8.94. The van der Waals surface area contributed by atoms with Gasteiger partial charge >= 0.3 is 0 Å². The van der Waals surface area contributed by atoms with Crippen molar-refractivity contribution >= 4 is 5.71 Å². The molecular weight excluding hydrogens is 114 g/mol. The highest BCUT2D eigenvalue weighted by atomic mass is 16.3. The number of aliphatic hydroxyl groups excluding tert-OH is 1. The van der Waals surface area contributed by atoms with Crippen LogP contribution in [0, 0.1) is 0 Å². The van der Waals surface area contributed by atoms with Gasteiger partial charge in [-0.05, 0) is 19.9 Å². The maximum atomic E-state index is 8.94. The minimum absolute atomic E-state index is 0.484. The van der Waals surface area contributed by atoms with E-state index in [4.69, 9.17) is 5.11 Å². The fourth-order valence-electron chi connectivity index (χ4n) is 0.550. The zero-order valence-electron chi connectivity index (χ0n) is 5.96. The van der Waals surface area contributed by atoms with Crippen LogP contribution in [0.1, 0.15) is 13.8 Å². The molecule has 1 atom stereocenters. The predicted octanol–water partition coefficient (Wildman–Crippen LogP) is 1.01. The molecule has 0 aromatic rings. The van der Waals surface area contributed by atoms with E-state index in [0.717, 1.165) is 0 Å². The smallest absolute Gasteiger partial charge is 0.0927 e. The summed E-state index contributed by atoms with van der Waals surface area (Å²) in [5, 5.41) is 8.94. The lowest BCUT2D eigenvalue weighted by Crippen LogP contribution is -2.13. The number of rotatable bonds is 3. The molecule has 9 heavy (non-hydrogen) atoms. The summed E-state index contributed by atoms with van der Waals surface area (Å²) in [6.07, 6.45) is 1.09. The molecule has 0 aliphatic carbocycles. The normalized spacial score (nSPS) is 15.2. The standard InChI is InChI=1S/C7H13NO/c1-4-7(6(3)9)8-5-2/h4,6,9H,1,5H2,2-3H3. The highest BCUT2D eigenvalue weighted by molar-refractivity contribution is 5.97. The average molecular weight is 127 g/mol. The van der Waals surface area contributed by atoms with E-state index in [1.807, 2.05) is 6.92 Å². The van der Waals surface area contributed by atoms with E-state index in [1.54, 1.807) is 13.0 Å². The summed E-state index contributed by atoms with van der Waals surface area (Å²) in [5.74, 6) is 0. The Morgan fingerprint density at radius 2 is 2.44 bits per heavy atom. The molecular formula is C7H13NO. The monoisotopic (exact) mass is 127 g/mol. The quantitative estimate of drug-likeness (QED) is 0.564. The molecule has 0 rings (SSSR count). The summed E-state index contributed by atoms with van der Waals surface area (Å²) >= 11 is 0.